The molecule has 4 aromatic rings. The molecule has 1 spiro atoms. The topological polar surface area (TPSA) is 141 Å². The van der Waals surface area contributed by atoms with Crippen molar-refractivity contribution in [1.29, 1.82) is 0 Å². The van der Waals surface area contributed by atoms with Gasteiger partial charge in [0, 0.05) is 50.4 Å². The molecule has 0 aromatic carbocycles. The molecule has 5 heterocycles. The van der Waals surface area contributed by atoms with E-state index in [1.54, 1.807) is 12.3 Å². The predicted octanol–water partition coefficient (Wildman–Crippen LogP) is 3.70. The Morgan fingerprint density at radius 2 is 1.98 bits per heavy atom. The molecule has 3 fully saturated rings. The Kier molecular flexibility index (Phi) is 5.70. The molecule has 3 aliphatic rings. The van der Waals surface area contributed by atoms with E-state index in [1.165, 1.54) is 12.4 Å². The van der Waals surface area contributed by atoms with Gasteiger partial charge in [0.25, 0.3) is 10.0 Å². The molecule has 4 aromatic heterocycles. The van der Waals surface area contributed by atoms with Crippen molar-refractivity contribution < 1.29 is 13.2 Å². The minimum Gasteiger partial charge on any atom is -0.354 e. The van der Waals surface area contributed by atoms with Gasteiger partial charge in [0.05, 0.1) is 34.1 Å². The van der Waals surface area contributed by atoms with E-state index in [0.29, 0.717) is 54.5 Å². The van der Waals surface area contributed by atoms with Crippen LogP contribution in [0.5, 0.6) is 0 Å². The van der Waals surface area contributed by atoms with Crippen LogP contribution in [0.25, 0.3) is 22.3 Å². The maximum absolute atomic E-state index is 12.5. The van der Waals surface area contributed by atoms with Crippen LogP contribution in [0, 0.1) is 5.41 Å². The van der Waals surface area contributed by atoms with Crippen LogP contribution >= 0.6 is 0 Å². The van der Waals surface area contributed by atoms with Gasteiger partial charge in [0.15, 0.2) is 11.6 Å². The summed E-state index contributed by atoms with van der Waals surface area (Å²) in [5.74, 6) is 2.80. The summed E-state index contributed by atoms with van der Waals surface area (Å²) in [5, 5.41) is 12.9. The summed E-state index contributed by atoms with van der Waals surface area (Å²) < 4.78 is 28.1. The molecule has 0 radical (unpaired) electrons. The summed E-state index contributed by atoms with van der Waals surface area (Å²) in [6, 6.07) is 3.85. The third-order valence-electron chi connectivity index (χ3n) is 8.24. The number of carbonyl (C=O) groups is 1. The minimum atomic E-state index is -3.46. The van der Waals surface area contributed by atoms with Crippen molar-refractivity contribution in [3.63, 3.8) is 0 Å². The molecule has 1 aliphatic heterocycles. The van der Waals surface area contributed by atoms with Crippen LogP contribution in [0.15, 0.2) is 36.9 Å². The van der Waals surface area contributed by atoms with E-state index in [0.717, 1.165) is 46.7 Å². The fourth-order valence-corrected chi connectivity index (χ4v) is 7.43. The first-order chi connectivity index (χ1) is 19.2. The normalized spacial score (nSPS) is 21.4. The molecule has 1 N–H and O–H groups in total. The number of aromatic nitrogens is 7. The van der Waals surface area contributed by atoms with Crippen LogP contribution in [-0.4, -0.2) is 66.5 Å². The molecule has 13 heteroatoms. The molecule has 1 unspecified atom stereocenters. The maximum Gasteiger partial charge on any atom is 0.256 e. The van der Waals surface area contributed by atoms with Crippen molar-refractivity contribution in [2.45, 2.75) is 63.7 Å². The Bertz CT molecular complexity index is 1740. The molecular weight excluding hydrogens is 530 g/mol. The number of hydrogen-bond acceptors (Lipinski definition) is 10. The SMILES string of the molecule is CC(C)n1nc(N2CCC3(CCC(=O)C3)C2)c2cnc(Nc3ccnc(-c4cnn(S(=O)(=O)C5CC5)c4)n3)cc21. The second-order valence-electron chi connectivity index (χ2n) is 11.6. The molecule has 0 amide bonds. The zero-order valence-electron chi connectivity index (χ0n) is 22.5. The Morgan fingerprint density at radius 1 is 1.12 bits per heavy atom. The lowest BCUT2D eigenvalue weighted by Crippen LogP contribution is -2.25. The number of hydrogen-bond donors (Lipinski definition) is 1. The van der Waals surface area contributed by atoms with E-state index < -0.39 is 10.0 Å². The van der Waals surface area contributed by atoms with E-state index in [-0.39, 0.29) is 16.7 Å². The smallest absolute Gasteiger partial charge is 0.256 e. The third-order valence-corrected chi connectivity index (χ3v) is 10.3. The molecule has 7 rings (SSSR count). The van der Waals surface area contributed by atoms with Crippen LogP contribution in [0.3, 0.4) is 0 Å². The summed E-state index contributed by atoms with van der Waals surface area (Å²) >= 11 is 0. The molecule has 1 atom stereocenters. The molecule has 1 saturated heterocycles. The van der Waals surface area contributed by atoms with Crippen LogP contribution in [0.4, 0.5) is 17.5 Å². The highest BCUT2D eigenvalue weighted by Crippen LogP contribution is 2.46. The number of fused-ring (bicyclic) bond motifs is 1. The largest absolute Gasteiger partial charge is 0.354 e. The van der Waals surface area contributed by atoms with Gasteiger partial charge in [-0.3, -0.25) is 9.48 Å². The Labute approximate surface area is 231 Å². The lowest BCUT2D eigenvalue weighted by atomic mass is 9.85. The fourth-order valence-electron chi connectivity index (χ4n) is 5.95. The number of ketones is 1. The van der Waals surface area contributed by atoms with Crippen LogP contribution in [0.2, 0.25) is 0 Å². The zero-order chi connectivity index (χ0) is 27.6. The monoisotopic (exact) mass is 561 g/mol. The Balaban J connectivity index is 1.15. The quantitative estimate of drug-likeness (QED) is 0.355. The van der Waals surface area contributed by atoms with Gasteiger partial charge >= 0.3 is 0 Å². The molecular formula is C27H31N9O3S. The van der Waals surface area contributed by atoms with E-state index in [1.807, 2.05) is 16.9 Å². The van der Waals surface area contributed by atoms with Gasteiger partial charge in [-0.1, -0.05) is 0 Å². The second-order valence-corrected chi connectivity index (χ2v) is 13.6. The van der Waals surface area contributed by atoms with Gasteiger partial charge in [-0.15, -0.1) is 0 Å². The van der Waals surface area contributed by atoms with Gasteiger partial charge in [0.1, 0.15) is 17.4 Å². The van der Waals surface area contributed by atoms with Gasteiger partial charge in [-0.25, -0.2) is 23.4 Å². The van der Waals surface area contributed by atoms with Gasteiger partial charge in [-0.05, 0) is 51.0 Å². The maximum atomic E-state index is 12.5. The third kappa shape index (κ3) is 4.32. The highest BCUT2D eigenvalue weighted by molar-refractivity contribution is 7.90. The average molecular weight is 562 g/mol. The van der Waals surface area contributed by atoms with Crippen molar-refractivity contribution in [3.8, 4) is 11.4 Å². The Morgan fingerprint density at radius 3 is 2.73 bits per heavy atom. The zero-order valence-corrected chi connectivity index (χ0v) is 23.3. The van der Waals surface area contributed by atoms with Crippen LogP contribution in [0.1, 0.15) is 58.4 Å². The summed E-state index contributed by atoms with van der Waals surface area (Å²) in [6.07, 6.45) is 11.1. The molecule has 40 heavy (non-hydrogen) atoms. The van der Waals surface area contributed by atoms with Crippen molar-refractivity contribution in [2.75, 3.05) is 23.3 Å². The van der Waals surface area contributed by atoms with E-state index in [4.69, 9.17) is 5.10 Å². The van der Waals surface area contributed by atoms with E-state index in [2.05, 4.69) is 44.1 Å². The van der Waals surface area contributed by atoms with Crippen molar-refractivity contribution in [1.82, 2.24) is 33.9 Å². The number of rotatable bonds is 7. The number of Topliss-reactive ketones (excluding diaryl/α,β-unsaturated/α-hetero) is 1. The first-order valence-corrected chi connectivity index (χ1v) is 15.3. The minimum absolute atomic E-state index is 0.0866. The number of carbonyl (C=O) groups excluding carboxylic acids is 1. The van der Waals surface area contributed by atoms with Crippen LogP contribution in [-0.2, 0) is 14.8 Å². The first kappa shape index (κ1) is 25.1. The lowest BCUT2D eigenvalue weighted by molar-refractivity contribution is -0.117. The van der Waals surface area contributed by atoms with Crippen molar-refractivity contribution >= 4 is 44.2 Å². The molecule has 208 valence electrons. The van der Waals surface area contributed by atoms with Gasteiger partial charge in [0.2, 0.25) is 0 Å². The number of pyridine rings is 1. The van der Waals surface area contributed by atoms with Gasteiger partial charge in [-0.2, -0.15) is 14.3 Å². The number of anilines is 3. The van der Waals surface area contributed by atoms with E-state index in [9.17, 15) is 13.2 Å². The molecule has 2 saturated carbocycles. The highest BCUT2D eigenvalue weighted by Gasteiger charge is 2.44. The van der Waals surface area contributed by atoms with Gasteiger partial charge < -0.3 is 10.2 Å². The highest BCUT2D eigenvalue weighted by atomic mass is 32.2. The second kappa shape index (κ2) is 9.08. The summed E-state index contributed by atoms with van der Waals surface area (Å²) in [7, 11) is -3.46. The number of nitrogens with one attached hydrogen (secondary N) is 1. The fraction of sp³-hybridized carbons (Fsp3) is 0.481. The molecule has 12 nitrogen and oxygen atoms in total. The predicted molar refractivity (Wildman–Crippen MR) is 150 cm³/mol. The summed E-state index contributed by atoms with van der Waals surface area (Å²) in [5.41, 5.74) is 1.57. The van der Waals surface area contributed by atoms with Crippen molar-refractivity contribution in [3.05, 3.63) is 36.9 Å². The lowest BCUT2D eigenvalue weighted by Gasteiger charge is -2.22. The summed E-state index contributed by atoms with van der Waals surface area (Å²) in [4.78, 5) is 27.9. The standard InChI is InChI=1S/C27H31N9O3S/c1-17(2)36-22-11-24(29-14-21(22)26(33-36)34-10-8-27(16-34)7-5-19(37)12-27)31-23-6-9-28-25(32-23)18-13-30-35(15-18)40(38,39)20-3-4-20/h6,9,11,13-15,17,20H,3-5,7-8,10,12,16H2,1-2H3,(H,28,29,31,32). The molecule has 0 bridgehead atoms. The average Bonchev–Trinajstić information content (AvgIpc) is 3.26. The molecule has 2 aliphatic carbocycles. The number of nitrogens with zero attached hydrogens (tertiary/aromatic N) is 8. The summed E-state index contributed by atoms with van der Waals surface area (Å²) in [6.45, 7) is 5.95. The van der Waals surface area contributed by atoms with Crippen molar-refractivity contribution in [2.24, 2.45) is 5.41 Å². The van der Waals surface area contributed by atoms with Crippen LogP contribution < -0.4 is 10.2 Å². The Hall–Kier alpha value is -3.87. The van der Waals surface area contributed by atoms with E-state index >= 15 is 0 Å². The first-order valence-electron chi connectivity index (χ1n) is 13.8.